The third-order valence-corrected chi connectivity index (χ3v) is 5.05. The van der Waals surface area contributed by atoms with Crippen LogP contribution in [0.1, 0.15) is 37.7 Å². The van der Waals surface area contributed by atoms with Crippen LogP contribution in [0.2, 0.25) is 0 Å². The van der Waals surface area contributed by atoms with E-state index >= 15 is 0 Å². The zero-order chi connectivity index (χ0) is 11.2. The molecule has 0 aromatic heterocycles. The molecule has 0 saturated heterocycles. The van der Waals surface area contributed by atoms with Crippen LogP contribution < -0.4 is 5.73 Å². The smallest absolute Gasteiger partial charge is 0.0175 e. The fourth-order valence-corrected chi connectivity index (χ4v) is 3.81. The van der Waals surface area contributed by atoms with Gasteiger partial charge in [-0.05, 0) is 42.9 Å². The summed E-state index contributed by atoms with van der Waals surface area (Å²) in [4.78, 5) is 0. The first kappa shape index (κ1) is 10.8. The molecule has 2 heteroatoms. The summed E-state index contributed by atoms with van der Waals surface area (Å²) in [5.41, 5.74) is 8.04. The third kappa shape index (κ3) is 1.54. The second-order valence-electron chi connectivity index (χ2n) is 5.34. The first-order valence-corrected chi connectivity index (χ1v) is 7.04. The fourth-order valence-electron chi connectivity index (χ4n) is 3.54. The van der Waals surface area contributed by atoms with Crippen molar-refractivity contribution in [3.8, 4) is 0 Å². The number of hydrogen-bond acceptors (Lipinski definition) is 1. The molecule has 2 atom stereocenters. The highest BCUT2D eigenvalue weighted by molar-refractivity contribution is 9.10. The molecular formula is C14H18BrN. The number of benzene rings is 1. The molecule has 1 nitrogen and oxygen atoms in total. The van der Waals surface area contributed by atoms with Crippen LogP contribution in [-0.2, 0) is 5.41 Å². The van der Waals surface area contributed by atoms with Crippen LogP contribution in [0.4, 0.5) is 0 Å². The minimum Gasteiger partial charge on any atom is -0.327 e. The average Bonchev–Trinajstić information content (AvgIpc) is 2.77. The quantitative estimate of drug-likeness (QED) is 0.880. The summed E-state index contributed by atoms with van der Waals surface area (Å²) in [6, 6.07) is 9.22. The van der Waals surface area contributed by atoms with Gasteiger partial charge in [0, 0.05) is 15.9 Å². The lowest BCUT2D eigenvalue weighted by atomic mass is 9.81. The summed E-state index contributed by atoms with van der Waals surface area (Å²) in [5.74, 6) is 0.837. The van der Waals surface area contributed by atoms with E-state index in [1.165, 1.54) is 37.7 Å². The Morgan fingerprint density at radius 2 is 1.69 bits per heavy atom. The standard InChI is InChI=1S/C14H18BrN/c15-12-7-5-11(6-8-12)14(9-13(14)16)10-3-1-2-4-10/h5-8,10,13H,1-4,9,16H2/t13-,14?/m1/s1. The Bertz CT molecular complexity index is 380. The Labute approximate surface area is 106 Å². The molecule has 0 bridgehead atoms. The molecule has 16 heavy (non-hydrogen) atoms. The molecule has 0 amide bonds. The monoisotopic (exact) mass is 279 g/mol. The highest BCUT2D eigenvalue weighted by Gasteiger charge is 2.58. The van der Waals surface area contributed by atoms with Crippen molar-refractivity contribution in [1.82, 2.24) is 0 Å². The second kappa shape index (κ2) is 3.85. The molecule has 0 spiro atoms. The number of rotatable bonds is 2. The first-order chi connectivity index (χ1) is 7.73. The predicted molar refractivity (Wildman–Crippen MR) is 70.4 cm³/mol. The lowest BCUT2D eigenvalue weighted by Crippen LogP contribution is -2.26. The van der Waals surface area contributed by atoms with Crippen molar-refractivity contribution in [1.29, 1.82) is 0 Å². The summed E-state index contributed by atoms with van der Waals surface area (Å²) in [5, 5.41) is 0. The molecule has 1 aromatic carbocycles. The zero-order valence-electron chi connectivity index (χ0n) is 9.45. The van der Waals surface area contributed by atoms with E-state index in [0.29, 0.717) is 11.5 Å². The normalized spacial score (nSPS) is 34.2. The average molecular weight is 280 g/mol. The van der Waals surface area contributed by atoms with E-state index in [9.17, 15) is 0 Å². The van der Waals surface area contributed by atoms with Crippen LogP contribution in [0, 0.1) is 5.92 Å². The number of hydrogen-bond donors (Lipinski definition) is 1. The maximum atomic E-state index is 6.24. The summed E-state index contributed by atoms with van der Waals surface area (Å²) in [7, 11) is 0. The van der Waals surface area contributed by atoms with Crippen molar-refractivity contribution in [2.24, 2.45) is 11.7 Å². The largest absolute Gasteiger partial charge is 0.327 e. The van der Waals surface area contributed by atoms with Crippen molar-refractivity contribution in [2.75, 3.05) is 0 Å². The molecule has 2 N–H and O–H groups in total. The molecule has 1 aromatic rings. The molecule has 2 saturated carbocycles. The number of nitrogens with two attached hydrogens (primary N) is 1. The van der Waals surface area contributed by atoms with E-state index in [-0.39, 0.29) is 0 Å². The molecule has 3 rings (SSSR count). The molecule has 0 radical (unpaired) electrons. The van der Waals surface area contributed by atoms with Gasteiger partial charge in [-0.25, -0.2) is 0 Å². The van der Waals surface area contributed by atoms with Gasteiger partial charge in [-0.2, -0.15) is 0 Å². The van der Waals surface area contributed by atoms with E-state index < -0.39 is 0 Å². The summed E-state index contributed by atoms with van der Waals surface area (Å²) < 4.78 is 1.16. The fraction of sp³-hybridized carbons (Fsp3) is 0.571. The van der Waals surface area contributed by atoms with Gasteiger partial charge in [0.1, 0.15) is 0 Å². The minimum absolute atomic E-state index is 0.331. The summed E-state index contributed by atoms with van der Waals surface area (Å²) in [6.07, 6.45) is 6.75. The predicted octanol–water partition coefficient (Wildman–Crippen LogP) is 3.61. The Balaban J connectivity index is 1.93. The van der Waals surface area contributed by atoms with Gasteiger partial charge in [-0.15, -0.1) is 0 Å². The van der Waals surface area contributed by atoms with Crippen LogP contribution in [0.3, 0.4) is 0 Å². The van der Waals surface area contributed by atoms with Crippen molar-refractivity contribution >= 4 is 15.9 Å². The van der Waals surface area contributed by atoms with Gasteiger partial charge in [0.05, 0.1) is 0 Å². The van der Waals surface area contributed by atoms with Crippen LogP contribution in [-0.4, -0.2) is 6.04 Å². The van der Waals surface area contributed by atoms with Crippen LogP contribution in [0.25, 0.3) is 0 Å². The topological polar surface area (TPSA) is 26.0 Å². The van der Waals surface area contributed by atoms with Crippen molar-refractivity contribution in [3.63, 3.8) is 0 Å². The van der Waals surface area contributed by atoms with Gasteiger partial charge in [-0.1, -0.05) is 40.9 Å². The SMILES string of the molecule is N[C@@H]1CC1(c1ccc(Br)cc1)C1CCCC1. The van der Waals surface area contributed by atoms with Crippen LogP contribution >= 0.6 is 15.9 Å². The van der Waals surface area contributed by atoms with Gasteiger partial charge in [0.15, 0.2) is 0 Å². The maximum Gasteiger partial charge on any atom is 0.0175 e. The molecule has 0 heterocycles. The molecule has 2 fully saturated rings. The van der Waals surface area contributed by atoms with Gasteiger partial charge in [0.2, 0.25) is 0 Å². The molecule has 0 aliphatic heterocycles. The van der Waals surface area contributed by atoms with Crippen LogP contribution in [0.5, 0.6) is 0 Å². The van der Waals surface area contributed by atoms with Crippen molar-refractivity contribution in [3.05, 3.63) is 34.3 Å². The van der Waals surface area contributed by atoms with Crippen molar-refractivity contribution < 1.29 is 0 Å². The Morgan fingerprint density at radius 3 is 2.19 bits per heavy atom. The molecule has 2 aliphatic rings. The minimum atomic E-state index is 0.331. The van der Waals surface area contributed by atoms with E-state index in [0.717, 1.165) is 10.4 Å². The summed E-state index contributed by atoms with van der Waals surface area (Å²) in [6.45, 7) is 0. The molecular weight excluding hydrogens is 262 g/mol. The molecule has 2 aliphatic carbocycles. The van der Waals surface area contributed by atoms with E-state index in [2.05, 4.69) is 40.2 Å². The third-order valence-electron chi connectivity index (χ3n) is 4.52. The Hall–Kier alpha value is -0.340. The van der Waals surface area contributed by atoms with Gasteiger partial charge >= 0.3 is 0 Å². The molecule has 1 unspecified atom stereocenters. The first-order valence-electron chi connectivity index (χ1n) is 6.25. The maximum absolute atomic E-state index is 6.24. The van der Waals surface area contributed by atoms with Gasteiger partial charge in [-0.3, -0.25) is 0 Å². The highest BCUT2D eigenvalue weighted by Crippen LogP contribution is 2.57. The second-order valence-corrected chi connectivity index (χ2v) is 6.25. The molecule has 86 valence electrons. The highest BCUT2D eigenvalue weighted by atomic mass is 79.9. The number of halogens is 1. The lowest BCUT2D eigenvalue weighted by Gasteiger charge is -2.24. The Morgan fingerprint density at radius 1 is 1.12 bits per heavy atom. The van der Waals surface area contributed by atoms with E-state index in [1.807, 2.05) is 0 Å². The summed E-state index contributed by atoms with van der Waals surface area (Å²) >= 11 is 3.50. The lowest BCUT2D eigenvalue weighted by molar-refractivity contribution is 0.404. The van der Waals surface area contributed by atoms with Crippen LogP contribution in [0.15, 0.2) is 28.7 Å². The van der Waals surface area contributed by atoms with E-state index in [1.54, 1.807) is 0 Å². The van der Waals surface area contributed by atoms with E-state index in [4.69, 9.17) is 5.73 Å². The Kier molecular flexibility index (Phi) is 2.60. The van der Waals surface area contributed by atoms with Gasteiger partial charge in [0.25, 0.3) is 0 Å². The van der Waals surface area contributed by atoms with Crippen molar-refractivity contribution in [2.45, 2.75) is 43.6 Å². The van der Waals surface area contributed by atoms with Gasteiger partial charge < -0.3 is 5.73 Å². The zero-order valence-corrected chi connectivity index (χ0v) is 11.0.